The van der Waals surface area contributed by atoms with E-state index in [1.807, 2.05) is 13.8 Å². The molecule has 0 aromatic rings. The monoisotopic (exact) mass is 154 g/mol. The van der Waals surface area contributed by atoms with Crippen molar-refractivity contribution in [2.24, 2.45) is 5.92 Å². The maximum Gasteiger partial charge on any atom is 0.384 e. The average molecular weight is 154 g/mol. The molecule has 0 spiro atoms. The first kappa shape index (κ1) is 10.0. The molecule has 0 radical (unpaired) electrons. The molecule has 0 rings (SSSR count). The highest BCUT2D eigenvalue weighted by Crippen LogP contribution is 1.89. The molecule has 0 unspecified atom stereocenters. The summed E-state index contributed by atoms with van der Waals surface area (Å²) in [6.07, 6.45) is -0.0797. The molecule has 0 amide bonds. The third kappa shape index (κ3) is 6.92. The van der Waals surface area contributed by atoms with Crippen LogP contribution in [0.4, 0.5) is 0 Å². The van der Waals surface area contributed by atoms with Crippen molar-refractivity contribution in [2.45, 2.75) is 33.8 Å². The Morgan fingerprint density at radius 2 is 1.82 bits per heavy atom. The number of hydrogen-bond donors (Lipinski definition) is 0. The number of hydrogen-bond acceptors (Lipinski definition) is 2. The van der Waals surface area contributed by atoms with Crippen molar-refractivity contribution < 1.29 is 9.53 Å². The minimum Gasteiger partial charge on any atom is -0.453 e. The molecular weight excluding hydrogens is 140 g/mol. The van der Waals surface area contributed by atoms with Gasteiger partial charge in [0.2, 0.25) is 0 Å². The van der Waals surface area contributed by atoms with Gasteiger partial charge in [0, 0.05) is 11.8 Å². The van der Waals surface area contributed by atoms with E-state index in [2.05, 4.69) is 11.8 Å². The van der Waals surface area contributed by atoms with Gasteiger partial charge >= 0.3 is 5.97 Å². The Bertz CT molecular complexity index is 181. The van der Waals surface area contributed by atoms with Gasteiger partial charge in [-0.25, -0.2) is 4.79 Å². The predicted molar refractivity (Wildman–Crippen MR) is 43.8 cm³/mol. The number of carbonyl (C=O) groups is 1. The lowest BCUT2D eigenvalue weighted by Crippen LogP contribution is -2.08. The molecule has 0 saturated carbocycles. The molecule has 0 N–H and O–H groups in total. The second kappa shape index (κ2) is 4.79. The van der Waals surface area contributed by atoms with E-state index >= 15 is 0 Å². The molecule has 0 aliphatic heterocycles. The SMILES string of the molecule is CC(C)C#CC(=O)OC(C)C. The standard InChI is InChI=1S/C9H14O2/c1-7(2)5-6-9(10)11-8(3)4/h7-8H,1-4H3. The van der Waals surface area contributed by atoms with Crippen molar-refractivity contribution in [1.29, 1.82) is 0 Å². The van der Waals surface area contributed by atoms with E-state index in [0.29, 0.717) is 0 Å². The second-order valence-corrected chi connectivity index (χ2v) is 2.88. The lowest BCUT2D eigenvalue weighted by atomic mass is 10.2. The molecule has 0 aromatic carbocycles. The highest BCUT2D eigenvalue weighted by Gasteiger charge is 1.99. The van der Waals surface area contributed by atoms with Gasteiger partial charge in [0.25, 0.3) is 0 Å². The van der Waals surface area contributed by atoms with Crippen molar-refractivity contribution in [2.75, 3.05) is 0 Å². The van der Waals surface area contributed by atoms with Crippen molar-refractivity contribution >= 4 is 5.97 Å². The minimum absolute atomic E-state index is 0.0797. The zero-order chi connectivity index (χ0) is 8.85. The van der Waals surface area contributed by atoms with Gasteiger partial charge in [0.15, 0.2) is 0 Å². The van der Waals surface area contributed by atoms with E-state index in [1.54, 1.807) is 13.8 Å². The minimum atomic E-state index is -0.436. The van der Waals surface area contributed by atoms with E-state index in [9.17, 15) is 4.79 Å². The van der Waals surface area contributed by atoms with Crippen molar-refractivity contribution in [1.82, 2.24) is 0 Å². The molecule has 0 heterocycles. The van der Waals surface area contributed by atoms with Crippen molar-refractivity contribution in [3.05, 3.63) is 0 Å². The molecule has 62 valence electrons. The summed E-state index contributed by atoms with van der Waals surface area (Å²) < 4.78 is 4.79. The van der Waals surface area contributed by atoms with Crippen LogP contribution in [0.1, 0.15) is 27.7 Å². The van der Waals surface area contributed by atoms with Gasteiger partial charge in [-0.1, -0.05) is 19.8 Å². The smallest absolute Gasteiger partial charge is 0.384 e. The van der Waals surface area contributed by atoms with E-state index in [1.165, 1.54) is 0 Å². The fourth-order valence-corrected chi connectivity index (χ4v) is 0.447. The van der Waals surface area contributed by atoms with Crippen LogP contribution >= 0.6 is 0 Å². The number of carbonyl (C=O) groups excluding carboxylic acids is 1. The lowest BCUT2D eigenvalue weighted by Gasteiger charge is -2.01. The summed E-state index contributed by atoms with van der Waals surface area (Å²) in [6.45, 7) is 7.45. The third-order valence-electron chi connectivity index (χ3n) is 0.806. The fourth-order valence-electron chi connectivity index (χ4n) is 0.447. The first-order chi connectivity index (χ1) is 5.02. The van der Waals surface area contributed by atoms with Gasteiger partial charge in [-0.2, -0.15) is 0 Å². The molecule has 0 atom stereocenters. The number of esters is 1. The molecule has 0 bridgehead atoms. The Kier molecular flexibility index (Phi) is 4.36. The van der Waals surface area contributed by atoms with Crippen LogP contribution in [-0.2, 0) is 9.53 Å². The molecule has 0 fully saturated rings. The molecule has 0 aromatic heterocycles. The topological polar surface area (TPSA) is 26.3 Å². The molecule has 0 aliphatic rings. The van der Waals surface area contributed by atoms with Crippen LogP contribution < -0.4 is 0 Å². The van der Waals surface area contributed by atoms with E-state index in [-0.39, 0.29) is 12.0 Å². The van der Waals surface area contributed by atoms with Gasteiger partial charge in [-0.3, -0.25) is 0 Å². The van der Waals surface area contributed by atoms with Crippen LogP contribution in [0, 0.1) is 17.8 Å². The molecule has 0 aliphatic carbocycles. The van der Waals surface area contributed by atoms with Gasteiger partial charge < -0.3 is 4.74 Å². The summed E-state index contributed by atoms with van der Waals surface area (Å²) in [7, 11) is 0. The summed E-state index contributed by atoms with van der Waals surface area (Å²) in [5.41, 5.74) is 0. The summed E-state index contributed by atoms with van der Waals surface area (Å²) in [5, 5.41) is 0. The quantitative estimate of drug-likeness (QED) is 0.326. The van der Waals surface area contributed by atoms with Crippen LogP contribution in [0.2, 0.25) is 0 Å². The van der Waals surface area contributed by atoms with Crippen molar-refractivity contribution in [3.63, 3.8) is 0 Å². The Balaban J connectivity index is 3.81. The highest BCUT2D eigenvalue weighted by atomic mass is 16.5. The normalized spacial score (nSPS) is 9.27. The maximum absolute atomic E-state index is 10.8. The zero-order valence-electron chi connectivity index (χ0n) is 7.47. The number of ether oxygens (including phenoxy) is 1. The van der Waals surface area contributed by atoms with E-state index in [4.69, 9.17) is 4.74 Å². The summed E-state index contributed by atoms with van der Waals surface area (Å²) in [4.78, 5) is 10.8. The van der Waals surface area contributed by atoms with Gasteiger partial charge in [-0.05, 0) is 13.8 Å². The van der Waals surface area contributed by atoms with Crippen LogP contribution in [0.5, 0.6) is 0 Å². The van der Waals surface area contributed by atoms with Gasteiger partial charge in [0.1, 0.15) is 0 Å². The molecular formula is C9H14O2. The van der Waals surface area contributed by atoms with E-state index < -0.39 is 5.97 Å². The second-order valence-electron chi connectivity index (χ2n) is 2.88. The average Bonchev–Trinajstić information content (AvgIpc) is 1.82. The van der Waals surface area contributed by atoms with Crippen LogP contribution in [0.15, 0.2) is 0 Å². The lowest BCUT2D eigenvalue weighted by molar-refractivity contribution is -0.140. The molecule has 2 nitrogen and oxygen atoms in total. The molecule has 2 heteroatoms. The maximum atomic E-state index is 10.8. The van der Waals surface area contributed by atoms with Crippen molar-refractivity contribution in [3.8, 4) is 11.8 Å². The largest absolute Gasteiger partial charge is 0.453 e. The predicted octanol–water partition coefficient (Wildman–Crippen LogP) is 1.60. The van der Waals surface area contributed by atoms with Gasteiger partial charge in [0.05, 0.1) is 6.10 Å². The highest BCUT2D eigenvalue weighted by molar-refractivity contribution is 5.88. The Hall–Kier alpha value is -0.970. The van der Waals surface area contributed by atoms with E-state index in [0.717, 1.165) is 0 Å². The third-order valence-corrected chi connectivity index (χ3v) is 0.806. The summed E-state index contributed by atoms with van der Waals surface area (Å²) in [5.74, 6) is 4.91. The Labute approximate surface area is 67.9 Å². The van der Waals surface area contributed by atoms with Crippen LogP contribution in [-0.4, -0.2) is 12.1 Å². The first-order valence-electron chi connectivity index (χ1n) is 3.74. The first-order valence-corrected chi connectivity index (χ1v) is 3.74. The van der Waals surface area contributed by atoms with Crippen LogP contribution in [0.3, 0.4) is 0 Å². The Morgan fingerprint density at radius 1 is 1.27 bits per heavy atom. The zero-order valence-corrected chi connectivity index (χ0v) is 7.47. The molecule has 0 saturated heterocycles. The number of rotatable bonds is 1. The molecule has 11 heavy (non-hydrogen) atoms. The van der Waals surface area contributed by atoms with Gasteiger partial charge in [-0.15, -0.1) is 0 Å². The summed E-state index contributed by atoms with van der Waals surface area (Å²) in [6, 6.07) is 0. The van der Waals surface area contributed by atoms with Crippen LogP contribution in [0.25, 0.3) is 0 Å². The fraction of sp³-hybridized carbons (Fsp3) is 0.667. The Morgan fingerprint density at radius 3 is 2.18 bits per heavy atom. The summed E-state index contributed by atoms with van der Waals surface area (Å²) >= 11 is 0.